The Hall–Kier alpha value is -1.73. The van der Waals surface area contributed by atoms with Crippen molar-refractivity contribution in [3.8, 4) is 0 Å². The molecule has 0 bridgehead atoms. The van der Waals surface area contributed by atoms with Crippen molar-refractivity contribution in [1.82, 2.24) is 4.90 Å². The highest BCUT2D eigenvalue weighted by atomic mass is 32.1. The number of hydrogen-bond donors (Lipinski definition) is 1. The van der Waals surface area contributed by atoms with Crippen molar-refractivity contribution < 1.29 is 24.2 Å². The van der Waals surface area contributed by atoms with Gasteiger partial charge in [0, 0.05) is 24.0 Å². The number of carbonyl (C=O) groups excluding carboxylic acids is 2. The SMILES string of the molecule is CC(=O)c1csc(C(=O)N2CCOC(CC(=O)O)C2)c1. The molecule has 2 heterocycles. The van der Waals surface area contributed by atoms with Gasteiger partial charge in [0.15, 0.2) is 5.78 Å². The molecule has 1 saturated heterocycles. The molecule has 1 aliphatic heterocycles. The number of carboxylic acids is 1. The lowest BCUT2D eigenvalue weighted by Crippen LogP contribution is -2.46. The second-order valence-electron chi connectivity index (χ2n) is 4.60. The summed E-state index contributed by atoms with van der Waals surface area (Å²) in [5.41, 5.74) is 0.522. The summed E-state index contributed by atoms with van der Waals surface area (Å²) in [6, 6.07) is 1.58. The maximum atomic E-state index is 12.3. The van der Waals surface area contributed by atoms with Crippen LogP contribution >= 0.6 is 11.3 Å². The molecule has 0 spiro atoms. The number of hydrogen-bond acceptors (Lipinski definition) is 5. The molecule has 0 radical (unpaired) electrons. The zero-order valence-corrected chi connectivity index (χ0v) is 11.8. The standard InChI is InChI=1S/C13H15NO5S/c1-8(15)9-4-11(20-7-9)13(18)14-2-3-19-10(6-14)5-12(16)17/h4,7,10H,2-3,5-6H2,1H3,(H,16,17). The Morgan fingerprint density at radius 2 is 2.25 bits per heavy atom. The number of thiophene rings is 1. The molecule has 0 saturated carbocycles. The second-order valence-corrected chi connectivity index (χ2v) is 5.51. The van der Waals surface area contributed by atoms with Gasteiger partial charge < -0.3 is 14.7 Å². The first-order valence-corrected chi connectivity index (χ1v) is 7.07. The molecule has 6 nitrogen and oxygen atoms in total. The Kier molecular flexibility index (Phi) is 4.51. The molecule has 2 rings (SSSR count). The van der Waals surface area contributed by atoms with Gasteiger partial charge in [-0.05, 0) is 13.0 Å². The number of ether oxygens (including phenoxy) is 1. The van der Waals surface area contributed by atoms with Gasteiger partial charge in [0.2, 0.25) is 0 Å². The van der Waals surface area contributed by atoms with Crippen LogP contribution in [-0.2, 0) is 9.53 Å². The van der Waals surface area contributed by atoms with Crippen LogP contribution in [0, 0.1) is 0 Å². The minimum absolute atomic E-state index is 0.0777. The van der Waals surface area contributed by atoms with E-state index in [1.54, 1.807) is 16.3 Å². The van der Waals surface area contributed by atoms with E-state index in [0.29, 0.717) is 23.6 Å². The number of nitrogens with zero attached hydrogens (tertiary/aromatic N) is 1. The summed E-state index contributed by atoms with van der Waals surface area (Å²) in [5.74, 6) is -1.20. The lowest BCUT2D eigenvalue weighted by Gasteiger charge is -2.32. The van der Waals surface area contributed by atoms with E-state index in [4.69, 9.17) is 9.84 Å². The van der Waals surface area contributed by atoms with Crippen molar-refractivity contribution in [2.45, 2.75) is 19.4 Å². The average molecular weight is 297 g/mol. The van der Waals surface area contributed by atoms with Crippen molar-refractivity contribution in [2.24, 2.45) is 0 Å². The monoisotopic (exact) mass is 297 g/mol. The zero-order valence-electron chi connectivity index (χ0n) is 11.0. The molecule has 1 aromatic rings. The van der Waals surface area contributed by atoms with E-state index >= 15 is 0 Å². The van der Waals surface area contributed by atoms with E-state index in [0.717, 1.165) is 0 Å². The number of rotatable bonds is 4. The summed E-state index contributed by atoms with van der Waals surface area (Å²) in [7, 11) is 0. The van der Waals surface area contributed by atoms with Crippen molar-refractivity contribution in [1.29, 1.82) is 0 Å². The predicted molar refractivity (Wildman–Crippen MR) is 72.2 cm³/mol. The lowest BCUT2D eigenvalue weighted by molar-refractivity contribution is -0.141. The van der Waals surface area contributed by atoms with Crippen LogP contribution < -0.4 is 0 Å². The number of ketones is 1. The largest absolute Gasteiger partial charge is 0.481 e. The quantitative estimate of drug-likeness (QED) is 0.846. The fourth-order valence-corrected chi connectivity index (χ4v) is 2.92. The van der Waals surface area contributed by atoms with Crippen molar-refractivity contribution in [3.63, 3.8) is 0 Å². The maximum Gasteiger partial charge on any atom is 0.306 e. The van der Waals surface area contributed by atoms with Gasteiger partial charge >= 0.3 is 5.97 Å². The molecule has 1 fully saturated rings. The van der Waals surface area contributed by atoms with Gasteiger partial charge in [-0.25, -0.2) is 0 Å². The van der Waals surface area contributed by atoms with E-state index in [1.165, 1.54) is 18.3 Å². The smallest absolute Gasteiger partial charge is 0.306 e. The Bertz CT molecular complexity index is 539. The number of Topliss-reactive ketones (excluding diaryl/α,β-unsaturated/α-hetero) is 1. The van der Waals surface area contributed by atoms with Gasteiger partial charge in [-0.3, -0.25) is 14.4 Å². The van der Waals surface area contributed by atoms with Crippen molar-refractivity contribution in [3.05, 3.63) is 21.9 Å². The first-order chi connectivity index (χ1) is 9.47. The summed E-state index contributed by atoms with van der Waals surface area (Å²) in [6.07, 6.45) is -0.593. The van der Waals surface area contributed by atoms with E-state index in [1.807, 2.05) is 0 Å². The van der Waals surface area contributed by atoms with E-state index in [9.17, 15) is 14.4 Å². The van der Waals surface area contributed by atoms with Crippen molar-refractivity contribution in [2.75, 3.05) is 19.7 Å². The van der Waals surface area contributed by atoms with Gasteiger partial charge in [0.1, 0.15) is 0 Å². The van der Waals surface area contributed by atoms with Crippen molar-refractivity contribution >= 4 is 29.0 Å². The predicted octanol–water partition coefficient (Wildman–Crippen LogP) is 1.27. The Morgan fingerprint density at radius 3 is 2.85 bits per heavy atom. The number of aliphatic carboxylic acids is 1. The van der Waals surface area contributed by atoms with E-state index < -0.39 is 12.1 Å². The number of carbonyl (C=O) groups is 3. The summed E-state index contributed by atoms with van der Waals surface area (Å²) in [4.78, 5) is 36.3. The third-order valence-corrected chi connectivity index (χ3v) is 3.96. The molecule has 0 aliphatic carbocycles. The Labute approximate surface area is 120 Å². The minimum atomic E-state index is -0.945. The molecule has 1 atom stereocenters. The molecule has 20 heavy (non-hydrogen) atoms. The molecule has 0 aromatic carbocycles. The highest BCUT2D eigenvalue weighted by Crippen LogP contribution is 2.19. The maximum absolute atomic E-state index is 12.3. The normalized spacial score (nSPS) is 18.9. The van der Waals surface area contributed by atoms with Gasteiger partial charge in [-0.15, -0.1) is 11.3 Å². The van der Waals surface area contributed by atoms with Crippen LogP contribution in [0.3, 0.4) is 0 Å². The van der Waals surface area contributed by atoms with Crippen LogP contribution in [0.1, 0.15) is 33.4 Å². The topological polar surface area (TPSA) is 83.9 Å². The molecule has 108 valence electrons. The molecule has 1 N–H and O–H groups in total. The van der Waals surface area contributed by atoms with E-state index in [-0.39, 0.29) is 24.7 Å². The molecule has 7 heteroatoms. The second kappa shape index (κ2) is 6.15. The number of morpholine rings is 1. The molecular weight excluding hydrogens is 282 g/mol. The lowest BCUT2D eigenvalue weighted by atomic mass is 10.2. The van der Waals surface area contributed by atoms with Crippen LogP contribution in [0.25, 0.3) is 0 Å². The van der Waals surface area contributed by atoms with Gasteiger partial charge in [-0.1, -0.05) is 0 Å². The highest BCUT2D eigenvalue weighted by Gasteiger charge is 2.27. The fraction of sp³-hybridized carbons (Fsp3) is 0.462. The van der Waals surface area contributed by atoms with Crippen LogP contribution in [0.5, 0.6) is 0 Å². The molecule has 1 amide bonds. The van der Waals surface area contributed by atoms with Gasteiger partial charge in [-0.2, -0.15) is 0 Å². The summed E-state index contributed by atoms with van der Waals surface area (Å²) in [6.45, 7) is 2.48. The first-order valence-electron chi connectivity index (χ1n) is 6.19. The highest BCUT2D eigenvalue weighted by molar-refractivity contribution is 7.12. The van der Waals surface area contributed by atoms with Crippen LogP contribution in [-0.4, -0.2) is 53.5 Å². The van der Waals surface area contributed by atoms with Crippen LogP contribution in [0.15, 0.2) is 11.4 Å². The zero-order chi connectivity index (χ0) is 14.7. The molecular formula is C13H15NO5S. The van der Waals surface area contributed by atoms with Gasteiger partial charge in [0.25, 0.3) is 5.91 Å². The summed E-state index contributed by atoms with van der Waals surface area (Å²) in [5, 5.41) is 10.4. The third-order valence-electron chi connectivity index (χ3n) is 3.05. The van der Waals surface area contributed by atoms with E-state index in [2.05, 4.69) is 0 Å². The number of carboxylic acid groups (broad SMARTS) is 1. The first kappa shape index (κ1) is 14.7. The van der Waals surface area contributed by atoms with Gasteiger partial charge in [0.05, 0.1) is 24.0 Å². The minimum Gasteiger partial charge on any atom is -0.481 e. The number of amides is 1. The summed E-state index contributed by atoms with van der Waals surface area (Å²) < 4.78 is 5.32. The molecule has 1 unspecified atom stereocenters. The average Bonchev–Trinajstić information content (AvgIpc) is 2.87. The Morgan fingerprint density at radius 1 is 1.50 bits per heavy atom. The van der Waals surface area contributed by atoms with Crippen LogP contribution in [0.2, 0.25) is 0 Å². The Balaban J connectivity index is 2.04. The fourth-order valence-electron chi connectivity index (χ4n) is 2.01. The molecule has 1 aromatic heterocycles. The summed E-state index contributed by atoms with van der Waals surface area (Å²) >= 11 is 1.23. The molecule has 1 aliphatic rings. The third kappa shape index (κ3) is 3.43. The van der Waals surface area contributed by atoms with Crippen LogP contribution in [0.4, 0.5) is 0 Å².